The summed E-state index contributed by atoms with van der Waals surface area (Å²) < 4.78 is 27.1. The van der Waals surface area contributed by atoms with Crippen molar-refractivity contribution in [2.75, 3.05) is 18.8 Å². The second-order valence-electron chi connectivity index (χ2n) is 7.65. The first kappa shape index (κ1) is 21.3. The maximum atomic E-state index is 12.4. The van der Waals surface area contributed by atoms with Gasteiger partial charge in [-0.1, -0.05) is 60.7 Å². The van der Waals surface area contributed by atoms with Crippen molar-refractivity contribution < 1.29 is 13.2 Å². The molecule has 162 valence electrons. The number of rotatable bonds is 8. The molecular formula is C23H26N4O3S. The van der Waals surface area contributed by atoms with E-state index in [1.54, 1.807) is 0 Å². The molecule has 1 aliphatic heterocycles. The van der Waals surface area contributed by atoms with Gasteiger partial charge in [0, 0.05) is 43.4 Å². The molecule has 1 amide bonds. The van der Waals surface area contributed by atoms with E-state index < -0.39 is 10.0 Å². The summed E-state index contributed by atoms with van der Waals surface area (Å²) >= 11 is 0. The van der Waals surface area contributed by atoms with Crippen molar-refractivity contribution in [3.8, 4) is 11.3 Å². The van der Waals surface area contributed by atoms with Gasteiger partial charge in [0.1, 0.15) is 0 Å². The van der Waals surface area contributed by atoms with Crippen molar-refractivity contribution in [3.63, 3.8) is 0 Å². The lowest BCUT2D eigenvalue weighted by Gasteiger charge is -2.13. The standard InChI is InChI=1S/C23H26N4O3S/c28-22(12-14-27-13-7-15-31(27,29)30)24-16-21-18-26(17-19-8-3-1-4-9-19)25-23(21)20-10-5-2-6-11-20/h1-6,8-11,18H,7,12-17H2,(H,24,28). The molecule has 31 heavy (non-hydrogen) atoms. The van der Waals surface area contributed by atoms with Crippen molar-refractivity contribution >= 4 is 15.9 Å². The second-order valence-corrected chi connectivity index (χ2v) is 9.74. The third-order valence-corrected chi connectivity index (χ3v) is 7.30. The fourth-order valence-electron chi connectivity index (χ4n) is 3.73. The first-order valence-electron chi connectivity index (χ1n) is 10.4. The molecule has 0 saturated carbocycles. The van der Waals surface area contributed by atoms with E-state index in [-0.39, 0.29) is 24.6 Å². The van der Waals surface area contributed by atoms with Gasteiger partial charge in [0.2, 0.25) is 15.9 Å². The largest absolute Gasteiger partial charge is 0.352 e. The molecule has 0 aliphatic carbocycles. The van der Waals surface area contributed by atoms with Crippen LogP contribution in [0.25, 0.3) is 11.3 Å². The molecule has 4 rings (SSSR count). The second kappa shape index (κ2) is 9.45. The van der Waals surface area contributed by atoms with Gasteiger partial charge < -0.3 is 5.32 Å². The van der Waals surface area contributed by atoms with Crippen molar-refractivity contribution in [1.82, 2.24) is 19.4 Å². The fraction of sp³-hybridized carbons (Fsp3) is 0.304. The zero-order chi connectivity index (χ0) is 21.7. The number of sulfonamides is 1. The summed E-state index contributed by atoms with van der Waals surface area (Å²) in [5, 5.41) is 7.68. The van der Waals surface area contributed by atoms with Gasteiger partial charge in [-0.2, -0.15) is 5.10 Å². The average Bonchev–Trinajstić information content (AvgIpc) is 3.34. The monoisotopic (exact) mass is 438 g/mol. The summed E-state index contributed by atoms with van der Waals surface area (Å²) in [5.74, 6) is 0.00673. The van der Waals surface area contributed by atoms with Gasteiger partial charge in [-0.05, 0) is 12.0 Å². The van der Waals surface area contributed by atoms with E-state index in [2.05, 4.69) is 17.4 Å². The van der Waals surface area contributed by atoms with E-state index in [4.69, 9.17) is 5.10 Å². The number of hydrogen-bond donors (Lipinski definition) is 1. The van der Waals surface area contributed by atoms with Crippen molar-refractivity contribution in [2.24, 2.45) is 0 Å². The summed E-state index contributed by atoms with van der Waals surface area (Å²) in [6, 6.07) is 20.0. The lowest BCUT2D eigenvalue weighted by Crippen LogP contribution is -2.31. The molecule has 0 bridgehead atoms. The average molecular weight is 439 g/mol. The van der Waals surface area contributed by atoms with Crippen LogP contribution in [0.5, 0.6) is 0 Å². The number of carbonyl (C=O) groups excluding carboxylic acids is 1. The molecule has 8 heteroatoms. The number of amides is 1. The molecule has 2 aromatic carbocycles. The van der Waals surface area contributed by atoms with Crippen LogP contribution < -0.4 is 5.32 Å². The predicted molar refractivity (Wildman–Crippen MR) is 120 cm³/mol. The number of hydrogen-bond acceptors (Lipinski definition) is 4. The Morgan fingerprint density at radius 1 is 1.03 bits per heavy atom. The Labute approximate surface area is 182 Å². The Balaban J connectivity index is 1.44. The zero-order valence-corrected chi connectivity index (χ0v) is 18.1. The van der Waals surface area contributed by atoms with Gasteiger partial charge in [-0.25, -0.2) is 12.7 Å². The number of carbonyl (C=O) groups is 1. The van der Waals surface area contributed by atoms with Crippen LogP contribution in [0.15, 0.2) is 66.9 Å². The number of benzene rings is 2. The third kappa shape index (κ3) is 5.39. The molecule has 1 N–H and O–H groups in total. The molecule has 1 aliphatic rings. The number of nitrogens with one attached hydrogen (secondary N) is 1. The predicted octanol–water partition coefficient (Wildman–Crippen LogP) is 2.64. The minimum atomic E-state index is -3.18. The maximum Gasteiger partial charge on any atom is 0.221 e. The number of nitrogens with zero attached hydrogens (tertiary/aromatic N) is 3. The van der Waals surface area contributed by atoms with Crippen LogP contribution in [-0.4, -0.2) is 47.3 Å². The third-order valence-electron chi connectivity index (χ3n) is 5.34. The lowest BCUT2D eigenvalue weighted by atomic mass is 10.1. The molecule has 1 aromatic heterocycles. The number of aromatic nitrogens is 2. The van der Waals surface area contributed by atoms with Gasteiger partial charge in [-0.3, -0.25) is 9.48 Å². The minimum absolute atomic E-state index is 0.151. The molecule has 0 radical (unpaired) electrons. The maximum absolute atomic E-state index is 12.4. The van der Waals surface area contributed by atoms with Crippen molar-refractivity contribution in [3.05, 3.63) is 78.0 Å². The first-order chi connectivity index (χ1) is 15.0. The van der Waals surface area contributed by atoms with Gasteiger partial charge in [-0.15, -0.1) is 0 Å². The van der Waals surface area contributed by atoms with E-state index in [0.717, 1.165) is 22.4 Å². The Morgan fingerprint density at radius 2 is 1.74 bits per heavy atom. The van der Waals surface area contributed by atoms with Crippen LogP contribution >= 0.6 is 0 Å². The Bertz CT molecular complexity index is 1130. The Hall–Kier alpha value is -2.97. The SMILES string of the molecule is O=C(CCN1CCCS1(=O)=O)NCc1cn(Cc2ccccc2)nc1-c1ccccc1. The van der Waals surface area contributed by atoms with Crippen molar-refractivity contribution in [2.45, 2.75) is 25.9 Å². The first-order valence-corrected chi connectivity index (χ1v) is 12.0. The smallest absolute Gasteiger partial charge is 0.221 e. The van der Waals surface area contributed by atoms with Crippen molar-refractivity contribution in [1.29, 1.82) is 0 Å². The van der Waals surface area contributed by atoms with Gasteiger partial charge >= 0.3 is 0 Å². The highest BCUT2D eigenvalue weighted by atomic mass is 32.2. The molecule has 2 heterocycles. The summed E-state index contributed by atoms with van der Waals surface area (Å²) in [7, 11) is -3.18. The molecule has 0 atom stereocenters. The highest BCUT2D eigenvalue weighted by Crippen LogP contribution is 2.22. The summed E-state index contributed by atoms with van der Waals surface area (Å²) in [5.41, 5.74) is 3.89. The van der Waals surface area contributed by atoms with E-state index in [1.165, 1.54) is 4.31 Å². The molecule has 7 nitrogen and oxygen atoms in total. The van der Waals surface area contributed by atoms with Crippen LogP contribution in [-0.2, 0) is 27.9 Å². The Morgan fingerprint density at radius 3 is 2.42 bits per heavy atom. The Kier molecular flexibility index (Phi) is 6.48. The highest BCUT2D eigenvalue weighted by Gasteiger charge is 2.28. The van der Waals surface area contributed by atoms with Crippen LogP contribution in [0, 0.1) is 0 Å². The van der Waals surface area contributed by atoms with E-state index >= 15 is 0 Å². The summed E-state index contributed by atoms with van der Waals surface area (Å²) in [6.07, 6.45) is 2.74. The minimum Gasteiger partial charge on any atom is -0.352 e. The lowest BCUT2D eigenvalue weighted by molar-refractivity contribution is -0.121. The van der Waals surface area contributed by atoms with E-state index in [9.17, 15) is 13.2 Å². The van der Waals surface area contributed by atoms with Crippen LogP contribution in [0.3, 0.4) is 0 Å². The van der Waals surface area contributed by atoms with Crippen LogP contribution in [0.1, 0.15) is 24.0 Å². The van der Waals surface area contributed by atoms with Gasteiger partial charge in [0.15, 0.2) is 0 Å². The molecule has 3 aromatic rings. The molecule has 0 unspecified atom stereocenters. The van der Waals surface area contributed by atoms with Crippen LogP contribution in [0.4, 0.5) is 0 Å². The summed E-state index contributed by atoms with van der Waals surface area (Å²) in [4.78, 5) is 12.4. The van der Waals surface area contributed by atoms with Gasteiger partial charge in [0.05, 0.1) is 18.0 Å². The van der Waals surface area contributed by atoms with E-state index in [0.29, 0.717) is 26.1 Å². The zero-order valence-electron chi connectivity index (χ0n) is 17.3. The molecule has 0 spiro atoms. The fourth-order valence-corrected chi connectivity index (χ4v) is 5.26. The van der Waals surface area contributed by atoms with Gasteiger partial charge in [0.25, 0.3) is 0 Å². The quantitative estimate of drug-likeness (QED) is 0.586. The summed E-state index contributed by atoms with van der Waals surface area (Å²) in [6.45, 7) is 1.71. The molecule has 1 fully saturated rings. The normalized spacial score (nSPS) is 15.7. The van der Waals surface area contributed by atoms with E-state index in [1.807, 2.05) is 59.4 Å². The van der Waals surface area contributed by atoms with Crippen LogP contribution in [0.2, 0.25) is 0 Å². The molecular weight excluding hydrogens is 412 g/mol. The topological polar surface area (TPSA) is 84.3 Å². The highest BCUT2D eigenvalue weighted by molar-refractivity contribution is 7.89. The molecule has 1 saturated heterocycles.